The Morgan fingerprint density at radius 2 is 1.71 bits per heavy atom. The third-order valence-electron chi connectivity index (χ3n) is 5.27. The average Bonchev–Trinajstić information content (AvgIpc) is 3.29. The summed E-state index contributed by atoms with van der Waals surface area (Å²) in [5.74, 6) is -0.750. The third kappa shape index (κ3) is 3.59. The smallest absolute Gasteiger partial charge is 0.277 e. The number of halogens is 1. The first-order chi connectivity index (χ1) is 13.5. The van der Waals surface area contributed by atoms with Crippen molar-refractivity contribution < 1.29 is 14.0 Å². The number of benzene rings is 1. The molecule has 0 atom stereocenters. The van der Waals surface area contributed by atoms with Crippen molar-refractivity contribution in [2.75, 3.05) is 39.8 Å². The van der Waals surface area contributed by atoms with Crippen LogP contribution in [-0.2, 0) is 16.0 Å². The van der Waals surface area contributed by atoms with Gasteiger partial charge in [0, 0.05) is 37.6 Å². The van der Waals surface area contributed by atoms with E-state index in [1.54, 1.807) is 12.1 Å². The van der Waals surface area contributed by atoms with E-state index in [0.717, 1.165) is 36.6 Å². The van der Waals surface area contributed by atoms with Crippen LogP contribution >= 0.6 is 11.3 Å². The van der Waals surface area contributed by atoms with E-state index < -0.39 is 0 Å². The van der Waals surface area contributed by atoms with Crippen LogP contribution in [0.2, 0.25) is 0 Å². The first kappa shape index (κ1) is 18.8. The van der Waals surface area contributed by atoms with Crippen LogP contribution in [0.25, 0.3) is 5.57 Å². The Morgan fingerprint density at radius 3 is 2.36 bits per heavy atom. The van der Waals surface area contributed by atoms with Crippen molar-refractivity contribution in [1.82, 2.24) is 14.7 Å². The quantitative estimate of drug-likeness (QED) is 0.725. The number of hydrogen-bond donors (Lipinski definition) is 0. The molecule has 2 aliphatic rings. The molecule has 28 heavy (non-hydrogen) atoms. The molecule has 4 rings (SSSR count). The molecule has 1 fully saturated rings. The molecule has 0 bridgehead atoms. The Hall–Kier alpha value is -2.51. The van der Waals surface area contributed by atoms with Gasteiger partial charge in [-0.05, 0) is 42.6 Å². The fraction of sp³-hybridized carbons (Fsp3) is 0.333. The Balaban J connectivity index is 1.59. The molecule has 7 heteroatoms. The van der Waals surface area contributed by atoms with Crippen LogP contribution in [0.15, 0.2) is 47.5 Å². The highest BCUT2D eigenvalue weighted by Crippen LogP contribution is 2.34. The van der Waals surface area contributed by atoms with Gasteiger partial charge in [0.15, 0.2) is 0 Å². The number of likely N-dealkylation sites (N-methyl/N-ethyl adjacent to an activating group) is 1. The van der Waals surface area contributed by atoms with E-state index in [1.165, 1.54) is 28.4 Å². The van der Waals surface area contributed by atoms with E-state index >= 15 is 0 Å². The van der Waals surface area contributed by atoms with Crippen molar-refractivity contribution in [2.24, 2.45) is 0 Å². The SMILES string of the molecule is CN1CCN(C2=C(c3cccs3)C(=O)N(CCc3ccc(F)cc3)C2=O)CC1. The summed E-state index contributed by atoms with van der Waals surface area (Å²) in [5, 5.41) is 1.92. The van der Waals surface area contributed by atoms with E-state index in [2.05, 4.69) is 11.9 Å². The fourth-order valence-electron chi connectivity index (χ4n) is 3.62. The minimum absolute atomic E-state index is 0.222. The summed E-state index contributed by atoms with van der Waals surface area (Å²) >= 11 is 1.48. The molecule has 146 valence electrons. The van der Waals surface area contributed by atoms with Crippen LogP contribution in [-0.4, -0.2) is 66.3 Å². The number of nitrogens with zero attached hydrogens (tertiary/aromatic N) is 3. The maximum absolute atomic E-state index is 13.2. The van der Waals surface area contributed by atoms with E-state index in [-0.39, 0.29) is 24.2 Å². The molecular weight excluding hydrogens is 377 g/mol. The van der Waals surface area contributed by atoms with Gasteiger partial charge in [-0.2, -0.15) is 0 Å². The van der Waals surface area contributed by atoms with Crippen molar-refractivity contribution in [2.45, 2.75) is 6.42 Å². The molecule has 2 aromatic rings. The predicted molar refractivity (Wildman–Crippen MR) is 107 cm³/mol. The van der Waals surface area contributed by atoms with E-state index in [0.29, 0.717) is 17.7 Å². The lowest BCUT2D eigenvalue weighted by molar-refractivity contribution is -0.137. The number of amides is 2. The summed E-state index contributed by atoms with van der Waals surface area (Å²) in [4.78, 5) is 32.8. The van der Waals surface area contributed by atoms with Gasteiger partial charge >= 0.3 is 0 Å². The molecular formula is C21H22FN3O2S. The second-order valence-corrected chi connectivity index (χ2v) is 8.08. The van der Waals surface area contributed by atoms with E-state index in [9.17, 15) is 14.0 Å². The Labute approximate surface area is 167 Å². The zero-order valence-electron chi connectivity index (χ0n) is 15.7. The van der Waals surface area contributed by atoms with Gasteiger partial charge in [0.1, 0.15) is 11.5 Å². The van der Waals surface area contributed by atoms with Crippen molar-refractivity contribution in [3.8, 4) is 0 Å². The number of hydrogen-bond acceptors (Lipinski definition) is 5. The van der Waals surface area contributed by atoms with Crippen LogP contribution < -0.4 is 0 Å². The number of carbonyl (C=O) groups excluding carboxylic acids is 2. The molecule has 0 unspecified atom stereocenters. The first-order valence-electron chi connectivity index (χ1n) is 9.37. The molecule has 1 saturated heterocycles. The fourth-order valence-corrected chi connectivity index (χ4v) is 4.39. The molecule has 3 heterocycles. The minimum atomic E-state index is -0.295. The summed E-state index contributed by atoms with van der Waals surface area (Å²) in [6, 6.07) is 9.96. The van der Waals surface area contributed by atoms with Crippen molar-refractivity contribution in [3.05, 3.63) is 63.7 Å². The van der Waals surface area contributed by atoms with Crippen molar-refractivity contribution in [1.29, 1.82) is 0 Å². The normalized spacial score (nSPS) is 18.5. The second-order valence-electron chi connectivity index (χ2n) is 7.13. The lowest BCUT2D eigenvalue weighted by atomic mass is 10.1. The maximum Gasteiger partial charge on any atom is 0.277 e. The summed E-state index contributed by atoms with van der Waals surface area (Å²) in [5.41, 5.74) is 1.94. The first-order valence-corrected chi connectivity index (χ1v) is 10.2. The van der Waals surface area contributed by atoms with Crippen LogP contribution in [0.5, 0.6) is 0 Å². The van der Waals surface area contributed by atoms with Crippen LogP contribution in [0.4, 0.5) is 4.39 Å². The van der Waals surface area contributed by atoms with Crippen molar-refractivity contribution in [3.63, 3.8) is 0 Å². The van der Waals surface area contributed by atoms with Crippen LogP contribution in [0, 0.1) is 5.82 Å². The van der Waals surface area contributed by atoms with Crippen LogP contribution in [0.3, 0.4) is 0 Å². The lowest BCUT2D eigenvalue weighted by Crippen LogP contribution is -2.46. The zero-order chi connectivity index (χ0) is 19.7. The predicted octanol–water partition coefficient (Wildman–Crippen LogP) is 2.46. The third-order valence-corrected chi connectivity index (χ3v) is 6.16. The largest absolute Gasteiger partial charge is 0.364 e. The Morgan fingerprint density at radius 1 is 1.00 bits per heavy atom. The highest BCUT2D eigenvalue weighted by Gasteiger charge is 2.42. The van der Waals surface area contributed by atoms with Gasteiger partial charge in [-0.25, -0.2) is 4.39 Å². The van der Waals surface area contributed by atoms with Gasteiger partial charge in [-0.15, -0.1) is 11.3 Å². The minimum Gasteiger partial charge on any atom is -0.364 e. The topological polar surface area (TPSA) is 43.9 Å². The van der Waals surface area contributed by atoms with Gasteiger partial charge in [0.05, 0.1) is 5.57 Å². The number of carbonyl (C=O) groups is 2. The summed E-state index contributed by atoms with van der Waals surface area (Å²) in [6.07, 6.45) is 0.505. The van der Waals surface area contributed by atoms with E-state index in [1.807, 2.05) is 22.4 Å². The summed E-state index contributed by atoms with van der Waals surface area (Å²) in [6.45, 7) is 3.46. The molecule has 1 aromatic carbocycles. The molecule has 0 aliphatic carbocycles. The van der Waals surface area contributed by atoms with Gasteiger partial charge < -0.3 is 9.80 Å². The lowest BCUT2D eigenvalue weighted by Gasteiger charge is -2.34. The Bertz CT molecular complexity index is 900. The number of rotatable bonds is 5. The van der Waals surface area contributed by atoms with Gasteiger partial charge in [-0.1, -0.05) is 18.2 Å². The highest BCUT2D eigenvalue weighted by molar-refractivity contribution is 7.11. The molecule has 1 aromatic heterocycles. The molecule has 5 nitrogen and oxygen atoms in total. The molecule has 0 saturated carbocycles. The van der Waals surface area contributed by atoms with Gasteiger partial charge in [0.2, 0.25) is 0 Å². The monoisotopic (exact) mass is 399 g/mol. The highest BCUT2D eigenvalue weighted by atomic mass is 32.1. The zero-order valence-corrected chi connectivity index (χ0v) is 16.5. The van der Waals surface area contributed by atoms with Gasteiger partial charge in [0.25, 0.3) is 11.8 Å². The molecule has 2 aliphatic heterocycles. The summed E-state index contributed by atoms with van der Waals surface area (Å²) in [7, 11) is 2.06. The second kappa shape index (κ2) is 7.85. The standard InChI is InChI=1S/C21H22FN3O2S/c1-23-10-12-24(13-11-23)19-18(17-3-2-14-28-17)20(26)25(21(19)27)9-8-15-4-6-16(22)7-5-15/h2-7,14H,8-13H2,1H3. The number of imide groups is 1. The average molecular weight is 399 g/mol. The summed E-state index contributed by atoms with van der Waals surface area (Å²) < 4.78 is 13.1. The molecule has 0 N–H and O–H groups in total. The van der Waals surface area contributed by atoms with Crippen molar-refractivity contribution >= 4 is 28.7 Å². The Kier molecular flexibility index (Phi) is 5.28. The number of piperazine rings is 1. The molecule has 0 radical (unpaired) electrons. The number of thiophene rings is 1. The molecule has 0 spiro atoms. The van der Waals surface area contributed by atoms with E-state index in [4.69, 9.17) is 0 Å². The maximum atomic E-state index is 13.2. The van der Waals surface area contributed by atoms with Gasteiger partial charge in [-0.3, -0.25) is 14.5 Å². The molecule has 2 amide bonds. The van der Waals surface area contributed by atoms with Crippen LogP contribution in [0.1, 0.15) is 10.4 Å².